The van der Waals surface area contributed by atoms with Crippen LogP contribution in [-0.4, -0.2) is 47.0 Å². The molecular formula is C23H30N6O3. The van der Waals surface area contributed by atoms with Crippen molar-refractivity contribution >= 4 is 29.0 Å². The number of carbonyl (C=O) groups is 1. The van der Waals surface area contributed by atoms with E-state index in [4.69, 9.17) is 4.98 Å². The highest BCUT2D eigenvalue weighted by atomic mass is 16.6. The summed E-state index contributed by atoms with van der Waals surface area (Å²) in [5, 5.41) is 14.1. The van der Waals surface area contributed by atoms with Gasteiger partial charge in [0.05, 0.1) is 16.5 Å². The Morgan fingerprint density at radius 2 is 1.91 bits per heavy atom. The van der Waals surface area contributed by atoms with Gasteiger partial charge in [0.1, 0.15) is 5.69 Å². The molecule has 1 aliphatic carbocycles. The van der Waals surface area contributed by atoms with Gasteiger partial charge in [-0.1, -0.05) is 25.0 Å². The Morgan fingerprint density at radius 1 is 1.22 bits per heavy atom. The number of nitro groups is 1. The average molecular weight is 439 g/mol. The van der Waals surface area contributed by atoms with Crippen LogP contribution < -0.4 is 15.1 Å². The van der Waals surface area contributed by atoms with Crippen molar-refractivity contribution < 1.29 is 9.72 Å². The fourth-order valence-electron chi connectivity index (χ4n) is 4.65. The van der Waals surface area contributed by atoms with E-state index in [-0.39, 0.29) is 11.6 Å². The number of anilines is 3. The van der Waals surface area contributed by atoms with E-state index >= 15 is 0 Å². The van der Waals surface area contributed by atoms with Crippen molar-refractivity contribution in [3.05, 3.63) is 46.1 Å². The average Bonchev–Trinajstić information content (AvgIpc) is 3.29. The molecule has 1 amide bonds. The summed E-state index contributed by atoms with van der Waals surface area (Å²) in [4.78, 5) is 36.8. The summed E-state index contributed by atoms with van der Waals surface area (Å²) >= 11 is 0. The lowest BCUT2D eigenvalue weighted by Gasteiger charge is -2.34. The Bertz CT molecular complexity index is 1000. The summed E-state index contributed by atoms with van der Waals surface area (Å²) < 4.78 is 0. The third-order valence-electron chi connectivity index (χ3n) is 6.44. The molecule has 1 saturated carbocycles. The SMILES string of the molecule is CN1C(=O)C(C)(C)CN(C2CCCC2)c2nc(NCCc3ccc([N+](=O)[O-])cc3)ncc21. The van der Waals surface area contributed by atoms with Crippen LogP contribution in [0.4, 0.5) is 23.1 Å². The van der Waals surface area contributed by atoms with Gasteiger partial charge < -0.3 is 15.1 Å². The number of hydrogen-bond acceptors (Lipinski definition) is 7. The smallest absolute Gasteiger partial charge is 0.269 e. The maximum atomic E-state index is 13.1. The van der Waals surface area contributed by atoms with E-state index in [9.17, 15) is 14.9 Å². The zero-order valence-electron chi connectivity index (χ0n) is 18.9. The van der Waals surface area contributed by atoms with Crippen LogP contribution in [0.15, 0.2) is 30.5 Å². The lowest BCUT2D eigenvalue weighted by molar-refractivity contribution is -0.384. The van der Waals surface area contributed by atoms with Gasteiger partial charge >= 0.3 is 0 Å². The molecule has 4 rings (SSSR count). The lowest BCUT2D eigenvalue weighted by Crippen LogP contribution is -2.45. The van der Waals surface area contributed by atoms with Crippen LogP contribution in [-0.2, 0) is 11.2 Å². The summed E-state index contributed by atoms with van der Waals surface area (Å²) in [6.07, 6.45) is 7.05. The number of fused-ring (bicyclic) bond motifs is 1. The Labute approximate surface area is 188 Å². The minimum atomic E-state index is -0.512. The summed E-state index contributed by atoms with van der Waals surface area (Å²) in [5.41, 5.74) is 1.32. The first-order valence-corrected chi connectivity index (χ1v) is 11.2. The molecule has 2 aliphatic rings. The fourth-order valence-corrected chi connectivity index (χ4v) is 4.65. The van der Waals surface area contributed by atoms with E-state index in [1.165, 1.54) is 25.0 Å². The third-order valence-corrected chi connectivity index (χ3v) is 6.44. The van der Waals surface area contributed by atoms with Crippen LogP contribution in [0.5, 0.6) is 0 Å². The number of benzene rings is 1. The maximum Gasteiger partial charge on any atom is 0.269 e. The number of nitrogens with zero attached hydrogens (tertiary/aromatic N) is 5. The Morgan fingerprint density at radius 3 is 2.56 bits per heavy atom. The first kappa shape index (κ1) is 22.0. The van der Waals surface area contributed by atoms with E-state index in [1.807, 2.05) is 13.8 Å². The third kappa shape index (κ3) is 4.37. The molecule has 0 spiro atoms. The molecule has 9 heteroatoms. The second kappa shape index (κ2) is 8.72. The van der Waals surface area contributed by atoms with Crippen molar-refractivity contribution in [2.45, 2.75) is 52.0 Å². The van der Waals surface area contributed by atoms with Crippen LogP contribution in [0.25, 0.3) is 0 Å². The van der Waals surface area contributed by atoms with Gasteiger partial charge in [0, 0.05) is 38.3 Å². The number of carbonyl (C=O) groups excluding carboxylic acids is 1. The molecule has 1 N–H and O–H groups in total. The largest absolute Gasteiger partial charge is 0.354 e. The molecule has 1 aromatic heterocycles. The summed E-state index contributed by atoms with van der Waals surface area (Å²) in [7, 11) is 1.80. The summed E-state index contributed by atoms with van der Waals surface area (Å²) in [6.45, 7) is 5.22. The highest BCUT2D eigenvalue weighted by Gasteiger charge is 2.41. The van der Waals surface area contributed by atoms with Crippen molar-refractivity contribution in [3.8, 4) is 0 Å². The fraction of sp³-hybridized carbons (Fsp3) is 0.522. The highest BCUT2D eigenvalue weighted by Crippen LogP contribution is 2.40. The number of nitro benzene ring substituents is 1. The topological polar surface area (TPSA) is 105 Å². The van der Waals surface area contributed by atoms with Crippen molar-refractivity contribution in [3.63, 3.8) is 0 Å². The molecule has 9 nitrogen and oxygen atoms in total. The molecule has 2 aromatic rings. The number of hydrogen-bond donors (Lipinski definition) is 1. The van der Waals surface area contributed by atoms with E-state index in [0.29, 0.717) is 31.5 Å². The zero-order valence-corrected chi connectivity index (χ0v) is 18.9. The number of non-ortho nitro benzene ring substituents is 1. The van der Waals surface area contributed by atoms with Gasteiger partial charge in [0.15, 0.2) is 5.82 Å². The van der Waals surface area contributed by atoms with Crippen LogP contribution in [0, 0.1) is 15.5 Å². The predicted molar refractivity (Wildman–Crippen MR) is 124 cm³/mol. The second-order valence-electron chi connectivity index (χ2n) is 9.32. The molecule has 1 aromatic carbocycles. The van der Waals surface area contributed by atoms with Gasteiger partial charge in [0.25, 0.3) is 5.69 Å². The predicted octanol–water partition coefficient (Wildman–Crippen LogP) is 3.79. The van der Waals surface area contributed by atoms with Gasteiger partial charge in [-0.25, -0.2) is 4.98 Å². The normalized spacial score (nSPS) is 18.4. The van der Waals surface area contributed by atoms with Gasteiger partial charge in [-0.15, -0.1) is 0 Å². The van der Waals surface area contributed by atoms with Crippen molar-refractivity contribution in [1.82, 2.24) is 9.97 Å². The molecule has 1 fully saturated rings. The minimum absolute atomic E-state index is 0.0710. The molecule has 1 aliphatic heterocycles. The second-order valence-corrected chi connectivity index (χ2v) is 9.32. The van der Waals surface area contributed by atoms with E-state index in [1.54, 1.807) is 30.3 Å². The van der Waals surface area contributed by atoms with Crippen LogP contribution in [0.1, 0.15) is 45.1 Å². The van der Waals surface area contributed by atoms with Gasteiger partial charge in [0.2, 0.25) is 11.9 Å². The van der Waals surface area contributed by atoms with Gasteiger partial charge in [-0.3, -0.25) is 14.9 Å². The molecule has 0 radical (unpaired) electrons. The maximum absolute atomic E-state index is 13.1. The molecule has 0 bridgehead atoms. The number of aromatic nitrogens is 2. The zero-order chi connectivity index (χ0) is 22.9. The molecule has 0 atom stereocenters. The first-order chi connectivity index (χ1) is 15.3. The Kier molecular flexibility index (Phi) is 5.99. The minimum Gasteiger partial charge on any atom is -0.354 e. The van der Waals surface area contributed by atoms with Crippen LogP contribution in [0.2, 0.25) is 0 Å². The number of nitrogens with one attached hydrogen (secondary N) is 1. The summed E-state index contributed by atoms with van der Waals surface area (Å²) in [5.74, 6) is 1.40. The molecule has 0 saturated heterocycles. The Hall–Kier alpha value is -3.23. The molecule has 170 valence electrons. The van der Waals surface area contributed by atoms with E-state index in [2.05, 4.69) is 15.2 Å². The number of rotatable bonds is 6. The molecule has 32 heavy (non-hydrogen) atoms. The van der Waals surface area contributed by atoms with Crippen molar-refractivity contribution in [2.24, 2.45) is 5.41 Å². The van der Waals surface area contributed by atoms with Crippen LogP contribution in [0.3, 0.4) is 0 Å². The lowest BCUT2D eigenvalue weighted by atomic mass is 9.91. The van der Waals surface area contributed by atoms with Crippen molar-refractivity contribution in [2.75, 3.05) is 35.3 Å². The first-order valence-electron chi connectivity index (χ1n) is 11.2. The number of amides is 1. The van der Waals surface area contributed by atoms with Gasteiger partial charge in [-0.05, 0) is 38.7 Å². The monoisotopic (exact) mass is 438 g/mol. The standard InChI is InChI=1S/C23H30N6O3/c1-23(2)15-28(17-6-4-5-7-17)20-19(27(3)21(23)30)14-25-22(26-20)24-13-12-16-8-10-18(11-9-16)29(31)32/h8-11,14,17H,4-7,12-13,15H2,1-3H3,(H,24,25,26). The molecule has 2 heterocycles. The Balaban J connectivity index is 1.53. The van der Waals surface area contributed by atoms with Crippen LogP contribution >= 0.6 is 0 Å². The van der Waals surface area contributed by atoms with Crippen molar-refractivity contribution in [1.29, 1.82) is 0 Å². The van der Waals surface area contributed by atoms with E-state index in [0.717, 1.165) is 29.9 Å². The van der Waals surface area contributed by atoms with E-state index < -0.39 is 10.3 Å². The highest BCUT2D eigenvalue weighted by molar-refractivity contribution is 6.00. The van der Waals surface area contributed by atoms with Gasteiger partial charge in [-0.2, -0.15) is 4.98 Å². The molecule has 0 unspecified atom stereocenters. The quantitative estimate of drug-likeness (QED) is 0.540. The summed E-state index contributed by atoms with van der Waals surface area (Å²) in [6, 6.07) is 6.95. The molecular weight excluding hydrogens is 408 g/mol.